The SMILES string of the molecule is C[C@@]12COC(=O)C1C1CC3(CCC=C32)CC(=O)O1. The first-order valence-corrected chi connectivity index (χ1v) is 6.62. The topological polar surface area (TPSA) is 52.6 Å². The molecule has 4 rings (SSSR count). The van der Waals surface area contributed by atoms with E-state index in [-0.39, 0.29) is 34.8 Å². The largest absolute Gasteiger partial charge is 0.464 e. The fourth-order valence-corrected chi connectivity index (χ4v) is 4.72. The van der Waals surface area contributed by atoms with Crippen molar-refractivity contribution in [3.05, 3.63) is 11.6 Å². The van der Waals surface area contributed by atoms with Gasteiger partial charge in [0.05, 0.1) is 6.42 Å². The van der Waals surface area contributed by atoms with E-state index in [4.69, 9.17) is 9.47 Å². The third kappa shape index (κ3) is 1.03. The number of carbonyl (C=O) groups is 2. The van der Waals surface area contributed by atoms with Crippen molar-refractivity contribution in [3.63, 3.8) is 0 Å². The summed E-state index contributed by atoms with van der Waals surface area (Å²) in [5.74, 6) is -0.640. The van der Waals surface area contributed by atoms with Gasteiger partial charge in [0, 0.05) is 10.8 Å². The Balaban J connectivity index is 1.89. The molecule has 0 aromatic rings. The first kappa shape index (κ1) is 10.6. The molecule has 0 aromatic heterocycles. The van der Waals surface area contributed by atoms with Gasteiger partial charge in [-0.3, -0.25) is 9.59 Å². The Morgan fingerprint density at radius 2 is 2.22 bits per heavy atom. The van der Waals surface area contributed by atoms with Gasteiger partial charge in [-0.15, -0.1) is 0 Å². The van der Waals surface area contributed by atoms with E-state index in [1.165, 1.54) is 5.57 Å². The molecule has 0 N–H and O–H groups in total. The Bertz CT molecular complexity index is 494. The molecule has 2 saturated heterocycles. The van der Waals surface area contributed by atoms with E-state index < -0.39 is 0 Å². The summed E-state index contributed by atoms with van der Waals surface area (Å²) < 4.78 is 10.7. The van der Waals surface area contributed by atoms with Crippen molar-refractivity contribution >= 4 is 11.9 Å². The first-order valence-electron chi connectivity index (χ1n) is 6.62. The van der Waals surface area contributed by atoms with Gasteiger partial charge in [-0.2, -0.15) is 0 Å². The lowest BCUT2D eigenvalue weighted by atomic mass is 9.53. The van der Waals surface area contributed by atoms with Crippen LogP contribution in [0.5, 0.6) is 0 Å². The lowest BCUT2D eigenvalue weighted by Crippen LogP contribution is -2.55. The van der Waals surface area contributed by atoms with Crippen LogP contribution in [0.2, 0.25) is 0 Å². The van der Waals surface area contributed by atoms with Gasteiger partial charge >= 0.3 is 11.9 Å². The molecular weight excluding hydrogens is 232 g/mol. The summed E-state index contributed by atoms with van der Waals surface area (Å²) in [6.45, 7) is 2.54. The molecular formula is C14H16O4. The van der Waals surface area contributed by atoms with Crippen LogP contribution < -0.4 is 0 Å². The van der Waals surface area contributed by atoms with Crippen LogP contribution in [0.25, 0.3) is 0 Å². The predicted molar refractivity (Wildman–Crippen MR) is 61.4 cm³/mol. The molecule has 2 aliphatic carbocycles. The number of ether oxygens (including phenoxy) is 2. The van der Waals surface area contributed by atoms with Crippen molar-refractivity contribution in [3.8, 4) is 0 Å². The predicted octanol–water partition coefficient (Wildman–Crippen LogP) is 1.59. The molecule has 4 nitrogen and oxygen atoms in total. The molecule has 2 heterocycles. The second-order valence-electron chi connectivity index (χ2n) is 6.35. The zero-order valence-corrected chi connectivity index (χ0v) is 10.4. The quantitative estimate of drug-likeness (QED) is 0.482. The molecule has 18 heavy (non-hydrogen) atoms. The van der Waals surface area contributed by atoms with Gasteiger partial charge in [0.2, 0.25) is 0 Å². The molecule has 4 atom stereocenters. The number of esters is 2. The third-order valence-electron chi connectivity index (χ3n) is 5.34. The van der Waals surface area contributed by atoms with Crippen molar-refractivity contribution in [1.29, 1.82) is 0 Å². The van der Waals surface area contributed by atoms with Gasteiger partial charge in [-0.05, 0) is 19.3 Å². The Morgan fingerprint density at radius 3 is 3.06 bits per heavy atom. The minimum Gasteiger partial charge on any atom is -0.464 e. The molecule has 0 aromatic carbocycles. The molecule has 4 aliphatic rings. The van der Waals surface area contributed by atoms with Gasteiger partial charge < -0.3 is 9.47 Å². The summed E-state index contributed by atoms with van der Waals surface area (Å²) in [6, 6.07) is 0. The molecule has 3 fully saturated rings. The minimum absolute atomic E-state index is 0.0424. The van der Waals surface area contributed by atoms with Gasteiger partial charge in [-0.1, -0.05) is 18.6 Å². The average Bonchev–Trinajstić information content (AvgIpc) is 2.81. The molecule has 96 valence electrons. The molecule has 3 unspecified atom stereocenters. The second-order valence-corrected chi connectivity index (χ2v) is 6.35. The highest BCUT2D eigenvalue weighted by Gasteiger charge is 2.66. The van der Waals surface area contributed by atoms with Crippen molar-refractivity contribution in [2.24, 2.45) is 16.7 Å². The average molecular weight is 248 g/mol. The number of fused-ring (bicyclic) bond motifs is 4. The van der Waals surface area contributed by atoms with E-state index in [1.807, 2.05) is 0 Å². The van der Waals surface area contributed by atoms with Crippen LogP contribution in [0.15, 0.2) is 11.6 Å². The van der Waals surface area contributed by atoms with Crippen molar-refractivity contribution in [2.45, 2.75) is 38.7 Å². The van der Waals surface area contributed by atoms with Crippen LogP contribution in [0.3, 0.4) is 0 Å². The van der Waals surface area contributed by atoms with E-state index in [9.17, 15) is 9.59 Å². The molecule has 0 radical (unpaired) electrons. The Hall–Kier alpha value is -1.32. The highest BCUT2D eigenvalue weighted by molar-refractivity contribution is 5.81. The Labute approximate surface area is 105 Å². The van der Waals surface area contributed by atoms with E-state index in [0.717, 1.165) is 19.3 Å². The summed E-state index contributed by atoms with van der Waals surface area (Å²) in [5, 5.41) is 0. The van der Waals surface area contributed by atoms with Crippen LogP contribution in [0.1, 0.15) is 32.6 Å². The highest BCUT2D eigenvalue weighted by atomic mass is 16.6. The van der Waals surface area contributed by atoms with Gasteiger partial charge in [0.1, 0.15) is 18.6 Å². The number of carbonyl (C=O) groups excluding carboxylic acids is 2. The van der Waals surface area contributed by atoms with E-state index in [2.05, 4.69) is 13.0 Å². The maximum absolute atomic E-state index is 12.0. The van der Waals surface area contributed by atoms with Crippen molar-refractivity contribution in [2.75, 3.05) is 6.61 Å². The number of hydrogen-bond acceptors (Lipinski definition) is 4. The summed E-state index contributed by atoms with van der Waals surface area (Å²) in [4.78, 5) is 23.8. The summed E-state index contributed by atoms with van der Waals surface area (Å²) in [6.07, 6.45) is 5.27. The van der Waals surface area contributed by atoms with Crippen LogP contribution in [0.4, 0.5) is 0 Å². The molecule has 1 saturated carbocycles. The van der Waals surface area contributed by atoms with Gasteiger partial charge in [0.15, 0.2) is 0 Å². The van der Waals surface area contributed by atoms with Crippen molar-refractivity contribution in [1.82, 2.24) is 0 Å². The highest BCUT2D eigenvalue weighted by Crippen LogP contribution is 2.64. The maximum Gasteiger partial charge on any atom is 0.313 e. The monoisotopic (exact) mass is 248 g/mol. The summed E-state index contributed by atoms with van der Waals surface area (Å²) >= 11 is 0. The Morgan fingerprint density at radius 1 is 1.39 bits per heavy atom. The fraction of sp³-hybridized carbons (Fsp3) is 0.714. The lowest BCUT2D eigenvalue weighted by Gasteiger charge is -2.52. The second kappa shape index (κ2) is 2.98. The van der Waals surface area contributed by atoms with Crippen LogP contribution >= 0.6 is 0 Å². The smallest absolute Gasteiger partial charge is 0.313 e. The fourth-order valence-electron chi connectivity index (χ4n) is 4.72. The zero-order chi connectivity index (χ0) is 12.5. The number of allylic oxidation sites excluding steroid dienone is 1. The van der Waals surface area contributed by atoms with Crippen LogP contribution in [-0.4, -0.2) is 24.6 Å². The molecule has 1 spiro atoms. The van der Waals surface area contributed by atoms with E-state index >= 15 is 0 Å². The maximum atomic E-state index is 12.0. The van der Waals surface area contributed by atoms with E-state index in [0.29, 0.717) is 13.0 Å². The molecule has 0 amide bonds. The zero-order valence-electron chi connectivity index (χ0n) is 10.4. The van der Waals surface area contributed by atoms with Crippen LogP contribution in [-0.2, 0) is 19.1 Å². The van der Waals surface area contributed by atoms with E-state index in [1.54, 1.807) is 0 Å². The standard InChI is InChI=1S/C14H16O4/c1-13-7-17-12(16)11(13)8-5-14(6-10(15)18-8)4-2-3-9(13)14/h3,8,11H,2,4-7H2,1H3/t8?,11?,13-,14?/m0/s1. The third-order valence-corrected chi connectivity index (χ3v) is 5.34. The number of hydrogen-bond donors (Lipinski definition) is 0. The van der Waals surface area contributed by atoms with Crippen molar-refractivity contribution < 1.29 is 19.1 Å². The molecule has 2 bridgehead atoms. The molecule has 2 aliphatic heterocycles. The Kier molecular flexibility index (Phi) is 1.75. The normalized spacial score (nSPS) is 49.1. The summed E-state index contributed by atoms with van der Waals surface area (Å²) in [7, 11) is 0. The van der Waals surface area contributed by atoms with Gasteiger partial charge in [0.25, 0.3) is 0 Å². The lowest BCUT2D eigenvalue weighted by molar-refractivity contribution is -0.175. The number of cyclic esters (lactones) is 1. The minimum atomic E-state index is -0.292. The van der Waals surface area contributed by atoms with Crippen LogP contribution in [0, 0.1) is 16.7 Å². The number of rotatable bonds is 0. The first-order chi connectivity index (χ1) is 8.55. The summed E-state index contributed by atoms with van der Waals surface area (Å²) in [5.41, 5.74) is 0.995. The molecule has 4 heteroatoms. The van der Waals surface area contributed by atoms with Gasteiger partial charge in [-0.25, -0.2) is 0 Å².